The van der Waals surface area contributed by atoms with Gasteiger partial charge in [-0.25, -0.2) is 8.78 Å². The number of nitrogens with two attached hydrogens (primary N) is 1. The Morgan fingerprint density at radius 2 is 1.79 bits per heavy atom. The van der Waals surface area contributed by atoms with Crippen molar-refractivity contribution in [1.82, 2.24) is 0 Å². The summed E-state index contributed by atoms with van der Waals surface area (Å²) in [7, 11) is 0. The van der Waals surface area contributed by atoms with Crippen molar-refractivity contribution in [2.75, 3.05) is 5.73 Å². The molecule has 0 radical (unpaired) electrons. The Balaban J connectivity index is 2.21. The fourth-order valence-electron chi connectivity index (χ4n) is 1.58. The monoisotopic (exact) mass is 276 g/mol. The Hall–Kier alpha value is -2.06. The maximum Gasteiger partial charge on any atom is 0.124 e. The van der Waals surface area contributed by atoms with Crippen LogP contribution in [0, 0.1) is 23.0 Å². The lowest BCUT2D eigenvalue weighted by Crippen LogP contribution is -1.92. The molecule has 2 nitrogen and oxygen atoms in total. The van der Waals surface area contributed by atoms with E-state index in [0.717, 1.165) is 0 Å². The number of nitrogen functional groups attached to an aromatic ring is 1. The van der Waals surface area contributed by atoms with Crippen molar-refractivity contribution in [3.8, 4) is 6.07 Å². The van der Waals surface area contributed by atoms with Crippen molar-refractivity contribution in [1.29, 1.82) is 5.26 Å². The maximum atomic E-state index is 13.1. The topological polar surface area (TPSA) is 49.8 Å². The fraction of sp³-hybridized carbons (Fsp3) is 0.0714. The Labute approximate surface area is 113 Å². The number of halogens is 2. The van der Waals surface area contributed by atoms with E-state index >= 15 is 0 Å². The van der Waals surface area contributed by atoms with Crippen molar-refractivity contribution in [3.05, 3.63) is 59.2 Å². The van der Waals surface area contributed by atoms with Gasteiger partial charge in [0.1, 0.15) is 11.6 Å². The molecule has 0 heterocycles. The number of nitriles is 1. The van der Waals surface area contributed by atoms with Gasteiger partial charge >= 0.3 is 0 Å². The highest BCUT2D eigenvalue weighted by atomic mass is 32.2. The molecule has 0 saturated heterocycles. The second-order valence-corrected chi connectivity index (χ2v) is 4.90. The first-order chi connectivity index (χ1) is 9.10. The second kappa shape index (κ2) is 5.72. The predicted molar refractivity (Wildman–Crippen MR) is 71.5 cm³/mol. The van der Waals surface area contributed by atoms with Gasteiger partial charge in [0, 0.05) is 16.3 Å². The molecule has 0 amide bonds. The largest absolute Gasteiger partial charge is 0.398 e. The smallest absolute Gasteiger partial charge is 0.124 e. The number of nitrogens with zero attached hydrogens (tertiary/aromatic N) is 1. The van der Waals surface area contributed by atoms with E-state index in [4.69, 9.17) is 11.0 Å². The molecule has 0 atom stereocenters. The number of anilines is 1. The van der Waals surface area contributed by atoms with Crippen LogP contribution in [0.25, 0.3) is 0 Å². The molecule has 96 valence electrons. The number of hydrogen-bond donors (Lipinski definition) is 1. The highest BCUT2D eigenvalue weighted by Crippen LogP contribution is 2.29. The van der Waals surface area contributed by atoms with Gasteiger partial charge in [-0.15, -0.1) is 11.8 Å². The molecule has 0 aromatic heterocycles. The number of thioether (sulfide) groups is 1. The summed E-state index contributed by atoms with van der Waals surface area (Å²) >= 11 is 1.27. The molecule has 0 aliphatic carbocycles. The van der Waals surface area contributed by atoms with E-state index in [1.807, 2.05) is 6.07 Å². The third-order valence-corrected chi connectivity index (χ3v) is 3.67. The summed E-state index contributed by atoms with van der Waals surface area (Å²) in [6.45, 7) is 0. The fourth-order valence-corrected chi connectivity index (χ4v) is 2.56. The number of hydrogen-bond acceptors (Lipinski definition) is 3. The Kier molecular flexibility index (Phi) is 4.03. The summed E-state index contributed by atoms with van der Waals surface area (Å²) in [5.41, 5.74) is 7.16. The van der Waals surface area contributed by atoms with E-state index in [2.05, 4.69) is 0 Å². The lowest BCUT2D eigenvalue weighted by Gasteiger charge is -2.07. The zero-order chi connectivity index (χ0) is 13.8. The van der Waals surface area contributed by atoms with Crippen molar-refractivity contribution in [3.63, 3.8) is 0 Å². The summed E-state index contributed by atoms with van der Waals surface area (Å²) in [6.07, 6.45) is 0. The standard InChI is InChI=1S/C14H10F2N2S/c15-11-2-1-9(7-17)10(5-11)8-19-14-6-12(16)3-4-13(14)18/h1-6H,8,18H2. The highest BCUT2D eigenvalue weighted by molar-refractivity contribution is 7.98. The average molecular weight is 276 g/mol. The van der Waals surface area contributed by atoms with Gasteiger partial charge in [-0.05, 0) is 42.0 Å². The SMILES string of the molecule is N#Cc1ccc(F)cc1CSc1cc(F)ccc1N. The van der Waals surface area contributed by atoms with Crippen LogP contribution in [-0.2, 0) is 5.75 Å². The van der Waals surface area contributed by atoms with Gasteiger partial charge in [0.05, 0.1) is 11.6 Å². The second-order valence-electron chi connectivity index (χ2n) is 3.88. The van der Waals surface area contributed by atoms with Crippen molar-refractivity contribution in [2.45, 2.75) is 10.6 Å². The van der Waals surface area contributed by atoms with E-state index in [0.29, 0.717) is 27.5 Å². The zero-order valence-electron chi connectivity index (χ0n) is 9.86. The van der Waals surface area contributed by atoms with Crippen LogP contribution in [0.4, 0.5) is 14.5 Å². The minimum atomic E-state index is -0.401. The Bertz CT molecular complexity index is 650. The van der Waals surface area contributed by atoms with Crippen LogP contribution in [0.2, 0.25) is 0 Å². The molecule has 2 N–H and O–H groups in total. The normalized spacial score (nSPS) is 10.2. The molecule has 2 aromatic carbocycles. The van der Waals surface area contributed by atoms with Gasteiger partial charge in [0.2, 0.25) is 0 Å². The minimum absolute atomic E-state index is 0.355. The van der Waals surface area contributed by atoms with Crippen LogP contribution in [0.1, 0.15) is 11.1 Å². The van der Waals surface area contributed by atoms with E-state index < -0.39 is 5.82 Å². The first-order valence-corrected chi connectivity index (χ1v) is 6.45. The van der Waals surface area contributed by atoms with Crippen LogP contribution in [-0.4, -0.2) is 0 Å². The van der Waals surface area contributed by atoms with E-state index in [1.165, 1.54) is 48.2 Å². The Morgan fingerprint density at radius 1 is 1.11 bits per heavy atom. The first kappa shape index (κ1) is 13.4. The molecule has 2 rings (SSSR count). The molecule has 2 aromatic rings. The van der Waals surface area contributed by atoms with Crippen LogP contribution < -0.4 is 5.73 Å². The molecule has 5 heteroatoms. The number of benzene rings is 2. The summed E-state index contributed by atoms with van der Waals surface area (Å²) in [6, 6.07) is 10.1. The first-order valence-electron chi connectivity index (χ1n) is 5.46. The third-order valence-electron chi connectivity index (χ3n) is 2.55. The quantitative estimate of drug-likeness (QED) is 0.686. The molecule has 0 aliphatic rings. The van der Waals surface area contributed by atoms with Crippen LogP contribution in [0.3, 0.4) is 0 Å². The Morgan fingerprint density at radius 3 is 2.53 bits per heavy atom. The molecule has 0 unspecified atom stereocenters. The van der Waals surface area contributed by atoms with Gasteiger partial charge in [-0.2, -0.15) is 5.26 Å². The molecule has 0 aliphatic heterocycles. The lowest BCUT2D eigenvalue weighted by molar-refractivity contribution is 0.624. The van der Waals surface area contributed by atoms with Gasteiger partial charge < -0.3 is 5.73 Å². The van der Waals surface area contributed by atoms with Crippen molar-refractivity contribution >= 4 is 17.4 Å². The van der Waals surface area contributed by atoms with Crippen molar-refractivity contribution < 1.29 is 8.78 Å². The molecule has 19 heavy (non-hydrogen) atoms. The lowest BCUT2D eigenvalue weighted by atomic mass is 10.1. The van der Waals surface area contributed by atoms with Crippen LogP contribution in [0.5, 0.6) is 0 Å². The van der Waals surface area contributed by atoms with Crippen LogP contribution in [0.15, 0.2) is 41.3 Å². The van der Waals surface area contributed by atoms with Gasteiger partial charge in [0.15, 0.2) is 0 Å². The molecular weight excluding hydrogens is 266 g/mol. The van der Waals surface area contributed by atoms with E-state index in [9.17, 15) is 8.78 Å². The summed E-state index contributed by atoms with van der Waals surface area (Å²) < 4.78 is 26.3. The molecule has 0 saturated carbocycles. The summed E-state index contributed by atoms with van der Waals surface area (Å²) in [4.78, 5) is 0.577. The number of rotatable bonds is 3. The molecule has 0 bridgehead atoms. The summed E-state index contributed by atoms with van der Waals surface area (Å²) in [5.74, 6) is -0.424. The maximum absolute atomic E-state index is 13.1. The minimum Gasteiger partial charge on any atom is -0.398 e. The predicted octanol–water partition coefficient (Wildman–Crippen LogP) is 3.71. The third kappa shape index (κ3) is 3.24. The van der Waals surface area contributed by atoms with Gasteiger partial charge in [-0.1, -0.05) is 0 Å². The average Bonchev–Trinajstić information content (AvgIpc) is 2.40. The van der Waals surface area contributed by atoms with Gasteiger partial charge in [0.25, 0.3) is 0 Å². The summed E-state index contributed by atoms with van der Waals surface area (Å²) in [5, 5.41) is 8.94. The zero-order valence-corrected chi connectivity index (χ0v) is 10.7. The molecule has 0 spiro atoms. The van der Waals surface area contributed by atoms with Crippen LogP contribution >= 0.6 is 11.8 Å². The highest BCUT2D eigenvalue weighted by Gasteiger charge is 2.07. The van der Waals surface area contributed by atoms with E-state index in [-0.39, 0.29) is 5.82 Å². The van der Waals surface area contributed by atoms with Gasteiger partial charge in [-0.3, -0.25) is 0 Å². The molecule has 0 fully saturated rings. The van der Waals surface area contributed by atoms with Crippen molar-refractivity contribution in [2.24, 2.45) is 0 Å². The molecular formula is C14H10F2N2S. The van der Waals surface area contributed by atoms with E-state index in [1.54, 1.807) is 0 Å².